The molecular weight excluding hydrogens is 677 g/mol. The van der Waals surface area contributed by atoms with Crippen molar-refractivity contribution in [2.24, 2.45) is 0 Å². The van der Waals surface area contributed by atoms with Gasteiger partial charge in [-0.2, -0.15) is 0 Å². The average molecular weight is 711 g/mol. The summed E-state index contributed by atoms with van der Waals surface area (Å²) in [5.74, 6) is 0. The molecule has 0 bridgehead atoms. The Morgan fingerprint density at radius 3 is 1.45 bits per heavy atom. The van der Waals surface area contributed by atoms with E-state index in [0.717, 1.165) is 5.69 Å². The minimum Gasteiger partial charge on any atom is -0.309 e. The second-order valence-electron chi connectivity index (χ2n) is 14.9. The first-order valence-electron chi connectivity index (χ1n) is 19.3. The van der Waals surface area contributed by atoms with Crippen molar-refractivity contribution in [2.45, 2.75) is 0 Å². The molecule has 0 aliphatic carbocycles. The van der Waals surface area contributed by atoms with Gasteiger partial charge < -0.3 is 9.13 Å². The first-order chi connectivity index (χ1) is 27.8. The van der Waals surface area contributed by atoms with Crippen LogP contribution in [-0.2, 0) is 0 Å². The quantitative estimate of drug-likeness (QED) is 0.161. The van der Waals surface area contributed by atoms with Crippen molar-refractivity contribution in [1.29, 1.82) is 0 Å². The molecule has 0 spiro atoms. The smallest absolute Gasteiger partial charge is 0.0547 e. The van der Waals surface area contributed by atoms with Gasteiger partial charge >= 0.3 is 0 Å². The van der Waals surface area contributed by atoms with Crippen LogP contribution in [0.25, 0.3) is 110 Å². The number of benzene rings is 10. The molecule has 0 unspecified atom stereocenters. The molecule has 0 fully saturated rings. The van der Waals surface area contributed by atoms with Crippen molar-refractivity contribution in [2.75, 3.05) is 0 Å². The molecule has 56 heavy (non-hydrogen) atoms. The molecule has 0 aliphatic heterocycles. The van der Waals surface area contributed by atoms with E-state index in [1.54, 1.807) is 0 Å². The molecule has 260 valence electrons. The number of nitrogens with zero attached hydrogens (tertiary/aromatic N) is 2. The summed E-state index contributed by atoms with van der Waals surface area (Å²) in [6.07, 6.45) is 0. The van der Waals surface area contributed by atoms with Crippen LogP contribution in [0.2, 0.25) is 0 Å². The molecule has 0 saturated heterocycles. The first kappa shape index (κ1) is 31.0. The van der Waals surface area contributed by atoms with Gasteiger partial charge in [-0.25, -0.2) is 0 Å². The second-order valence-corrected chi connectivity index (χ2v) is 14.9. The number of hydrogen-bond acceptors (Lipinski definition) is 0. The van der Waals surface area contributed by atoms with E-state index < -0.39 is 0 Å². The molecule has 2 heteroatoms. The average Bonchev–Trinajstić information content (AvgIpc) is 3.78. The van der Waals surface area contributed by atoms with Crippen LogP contribution in [0.1, 0.15) is 0 Å². The van der Waals surface area contributed by atoms with Gasteiger partial charge in [0.15, 0.2) is 0 Å². The lowest BCUT2D eigenvalue weighted by atomic mass is 9.95. The largest absolute Gasteiger partial charge is 0.309 e. The summed E-state index contributed by atoms with van der Waals surface area (Å²) in [5, 5.41) is 12.8. The van der Waals surface area contributed by atoms with Crippen molar-refractivity contribution in [3.05, 3.63) is 206 Å². The van der Waals surface area contributed by atoms with E-state index in [1.807, 2.05) is 0 Å². The van der Waals surface area contributed by atoms with Crippen LogP contribution in [0.5, 0.6) is 0 Å². The van der Waals surface area contributed by atoms with E-state index >= 15 is 0 Å². The number of aromatic nitrogens is 2. The van der Waals surface area contributed by atoms with E-state index in [1.165, 1.54) is 104 Å². The highest BCUT2D eigenvalue weighted by atomic mass is 15.0. The van der Waals surface area contributed by atoms with Crippen LogP contribution in [0.4, 0.5) is 0 Å². The van der Waals surface area contributed by atoms with Gasteiger partial charge in [0.2, 0.25) is 0 Å². The minimum absolute atomic E-state index is 1.15. The Kier molecular flexibility index (Phi) is 6.66. The van der Waals surface area contributed by atoms with Gasteiger partial charge in [-0.05, 0) is 115 Å². The molecule has 2 aromatic heterocycles. The zero-order valence-corrected chi connectivity index (χ0v) is 30.5. The lowest BCUT2D eigenvalue weighted by molar-refractivity contribution is 1.18. The van der Waals surface area contributed by atoms with Crippen LogP contribution >= 0.6 is 0 Å². The zero-order valence-electron chi connectivity index (χ0n) is 30.5. The fourth-order valence-electron chi connectivity index (χ4n) is 9.25. The SMILES string of the molecule is c1ccc(-n2c3ccccc3c3ccc(-c4ccc5c(c4)c4ccccc4n5-c4ccc(-c5ccc6c(ccc7c8ccccc8ccc67)c5)cc4)cc32)cc1. The van der Waals surface area contributed by atoms with Crippen molar-refractivity contribution in [1.82, 2.24) is 9.13 Å². The standard InChI is InChI=1S/C54H34N2/c1-2-11-41(12-3-1)56-51-16-8-6-14-47(51)49-30-22-39(34-54(49)56)38-24-31-53-50(33-38)48-15-7-9-17-52(48)55(53)42-25-18-35(19-26-42)37-21-27-44-40(32-37)23-29-45-43-13-5-4-10-36(43)20-28-46(44)45/h1-34H. The third kappa shape index (κ3) is 4.63. The first-order valence-corrected chi connectivity index (χ1v) is 19.3. The van der Waals surface area contributed by atoms with Gasteiger partial charge in [0, 0.05) is 32.9 Å². The maximum atomic E-state index is 2.41. The highest BCUT2D eigenvalue weighted by Gasteiger charge is 2.16. The normalized spacial score (nSPS) is 11.9. The Morgan fingerprint density at radius 2 is 0.679 bits per heavy atom. The van der Waals surface area contributed by atoms with Gasteiger partial charge in [-0.15, -0.1) is 0 Å². The number of hydrogen-bond donors (Lipinski definition) is 0. The number of fused-ring (bicyclic) bond motifs is 11. The topological polar surface area (TPSA) is 9.86 Å². The molecule has 12 rings (SSSR count). The monoisotopic (exact) mass is 710 g/mol. The maximum absolute atomic E-state index is 2.41. The van der Waals surface area contributed by atoms with Crippen LogP contribution in [0.15, 0.2) is 206 Å². The molecule has 12 aromatic rings. The summed E-state index contributed by atoms with van der Waals surface area (Å²) in [6.45, 7) is 0. The molecule has 10 aromatic carbocycles. The fraction of sp³-hybridized carbons (Fsp3) is 0. The molecule has 0 radical (unpaired) electrons. The Morgan fingerprint density at radius 1 is 0.214 bits per heavy atom. The van der Waals surface area contributed by atoms with E-state index in [0.29, 0.717) is 0 Å². The highest BCUT2D eigenvalue weighted by molar-refractivity contribution is 6.18. The molecule has 2 heterocycles. The summed E-state index contributed by atoms with van der Waals surface area (Å²) >= 11 is 0. The Labute approximate surface area is 323 Å². The highest BCUT2D eigenvalue weighted by Crippen LogP contribution is 2.39. The fourth-order valence-corrected chi connectivity index (χ4v) is 9.25. The van der Waals surface area contributed by atoms with Gasteiger partial charge in [-0.3, -0.25) is 0 Å². The van der Waals surface area contributed by atoms with Crippen molar-refractivity contribution in [3.63, 3.8) is 0 Å². The molecule has 0 amide bonds. The van der Waals surface area contributed by atoms with Crippen molar-refractivity contribution >= 4 is 75.9 Å². The molecule has 0 aliphatic rings. The van der Waals surface area contributed by atoms with Crippen LogP contribution in [0.3, 0.4) is 0 Å². The molecule has 0 saturated carbocycles. The van der Waals surface area contributed by atoms with Crippen molar-refractivity contribution < 1.29 is 0 Å². The van der Waals surface area contributed by atoms with Crippen LogP contribution < -0.4 is 0 Å². The zero-order chi connectivity index (χ0) is 36.7. The van der Waals surface area contributed by atoms with Crippen LogP contribution in [-0.4, -0.2) is 9.13 Å². The summed E-state index contributed by atoms with van der Waals surface area (Å²) in [7, 11) is 0. The third-order valence-electron chi connectivity index (χ3n) is 11.9. The number of para-hydroxylation sites is 3. The molecule has 0 N–H and O–H groups in total. The minimum atomic E-state index is 1.15. The summed E-state index contributed by atoms with van der Waals surface area (Å²) in [4.78, 5) is 0. The summed E-state index contributed by atoms with van der Waals surface area (Å²) in [6, 6.07) is 75.8. The Hall–Kier alpha value is -7.42. The van der Waals surface area contributed by atoms with E-state index in [4.69, 9.17) is 0 Å². The van der Waals surface area contributed by atoms with Crippen LogP contribution in [0, 0.1) is 0 Å². The van der Waals surface area contributed by atoms with Gasteiger partial charge in [0.05, 0.1) is 22.1 Å². The summed E-state index contributed by atoms with van der Waals surface area (Å²) in [5.41, 5.74) is 12.0. The van der Waals surface area contributed by atoms with Gasteiger partial charge in [0.25, 0.3) is 0 Å². The predicted octanol–water partition coefficient (Wildman–Crippen LogP) is 14.7. The van der Waals surface area contributed by atoms with E-state index in [-0.39, 0.29) is 0 Å². The summed E-state index contributed by atoms with van der Waals surface area (Å²) < 4.78 is 4.80. The maximum Gasteiger partial charge on any atom is 0.0547 e. The van der Waals surface area contributed by atoms with Gasteiger partial charge in [0.1, 0.15) is 0 Å². The lowest BCUT2D eigenvalue weighted by Crippen LogP contribution is -1.94. The Balaban J connectivity index is 0.944. The Bertz CT molecular complexity index is 3510. The van der Waals surface area contributed by atoms with E-state index in [9.17, 15) is 0 Å². The molecular formula is C54H34N2. The van der Waals surface area contributed by atoms with E-state index in [2.05, 4.69) is 215 Å². The van der Waals surface area contributed by atoms with Gasteiger partial charge in [-0.1, -0.05) is 146 Å². The number of rotatable bonds is 4. The lowest BCUT2D eigenvalue weighted by Gasteiger charge is -2.12. The second kappa shape index (κ2) is 12.0. The third-order valence-corrected chi connectivity index (χ3v) is 11.9. The molecule has 2 nitrogen and oxygen atoms in total. The molecule has 0 atom stereocenters. The van der Waals surface area contributed by atoms with Crippen molar-refractivity contribution in [3.8, 4) is 33.6 Å². The predicted molar refractivity (Wildman–Crippen MR) is 239 cm³/mol.